The van der Waals surface area contributed by atoms with E-state index in [1.165, 1.54) is 4.88 Å². The van der Waals surface area contributed by atoms with Crippen LogP contribution in [0, 0.1) is 0 Å². The lowest BCUT2D eigenvalue weighted by Gasteiger charge is -2.25. The maximum absolute atomic E-state index is 6.39. The Balaban J connectivity index is 2.27. The lowest BCUT2D eigenvalue weighted by molar-refractivity contribution is 0.496. The fourth-order valence-corrected chi connectivity index (χ4v) is 3.83. The Morgan fingerprint density at radius 1 is 1.29 bits per heavy atom. The molecule has 0 radical (unpaired) electrons. The van der Waals surface area contributed by atoms with Gasteiger partial charge in [0.1, 0.15) is 0 Å². The molecule has 17 heavy (non-hydrogen) atoms. The third-order valence-corrected chi connectivity index (χ3v) is 4.61. The summed E-state index contributed by atoms with van der Waals surface area (Å²) in [5.74, 6) is 0. The predicted molar refractivity (Wildman–Crippen MR) is 78.7 cm³/mol. The van der Waals surface area contributed by atoms with Gasteiger partial charge >= 0.3 is 0 Å². The summed E-state index contributed by atoms with van der Waals surface area (Å²) in [4.78, 5) is 1.25. The van der Waals surface area contributed by atoms with Crippen molar-refractivity contribution in [1.29, 1.82) is 0 Å². The van der Waals surface area contributed by atoms with Crippen molar-refractivity contribution in [2.45, 2.75) is 18.9 Å². The van der Waals surface area contributed by atoms with Gasteiger partial charge in [-0.1, -0.05) is 29.8 Å². The van der Waals surface area contributed by atoms with Crippen LogP contribution in [0.5, 0.6) is 0 Å². The molecule has 1 nitrogen and oxygen atoms in total. The zero-order chi connectivity index (χ0) is 12.5. The zero-order valence-corrected chi connectivity index (χ0v) is 12.6. The Hall–Kier alpha value is -0.350. The average Bonchev–Trinajstić information content (AvgIpc) is 2.63. The van der Waals surface area contributed by atoms with E-state index < -0.39 is 5.54 Å². The summed E-state index contributed by atoms with van der Waals surface area (Å²) >= 11 is 11.4. The van der Waals surface area contributed by atoms with E-state index in [1.807, 2.05) is 37.3 Å². The highest BCUT2D eigenvalue weighted by Crippen LogP contribution is 2.32. The van der Waals surface area contributed by atoms with Crippen molar-refractivity contribution in [3.8, 4) is 0 Å². The molecular formula is C13H13BrClNS. The van der Waals surface area contributed by atoms with Crippen LogP contribution in [0.3, 0.4) is 0 Å². The highest BCUT2D eigenvalue weighted by atomic mass is 79.9. The normalized spacial score (nSPS) is 14.6. The highest BCUT2D eigenvalue weighted by molar-refractivity contribution is 9.11. The number of benzene rings is 1. The predicted octanol–water partition coefficient (Wildman–Crippen LogP) is 4.58. The van der Waals surface area contributed by atoms with Crippen molar-refractivity contribution in [2.24, 2.45) is 5.73 Å². The number of thiophene rings is 1. The second kappa shape index (κ2) is 5.11. The third-order valence-electron chi connectivity index (χ3n) is 2.66. The molecule has 2 aromatic rings. The van der Waals surface area contributed by atoms with Crippen LogP contribution in [0.15, 0.2) is 40.2 Å². The van der Waals surface area contributed by atoms with Crippen LogP contribution in [0.25, 0.3) is 0 Å². The first-order valence-electron chi connectivity index (χ1n) is 5.27. The molecule has 0 amide bonds. The molecule has 0 aliphatic carbocycles. The fraction of sp³-hybridized carbons (Fsp3) is 0.231. The summed E-state index contributed by atoms with van der Waals surface area (Å²) in [6, 6.07) is 11.9. The van der Waals surface area contributed by atoms with Gasteiger partial charge in [0.15, 0.2) is 0 Å². The molecule has 0 bridgehead atoms. The van der Waals surface area contributed by atoms with E-state index in [2.05, 4.69) is 22.0 Å². The Morgan fingerprint density at radius 3 is 2.59 bits per heavy atom. The molecule has 0 saturated carbocycles. The second-order valence-corrected chi connectivity index (χ2v) is 7.23. The molecule has 2 rings (SSSR count). The summed E-state index contributed by atoms with van der Waals surface area (Å²) in [5.41, 5.74) is 6.94. The summed E-state index contributed by atoms with van der Waals surface area (Å²) in [7, 11) is 0. The molecule has 1 aromatic heterocycles. The van der Waals surface area contributed by atoms with Crippen LogP contribution in [-0.4, -0.2) is 0 Å². The van der Waals surface area contributed by atoms with E-state index in [1.54, 1.807) is 11.3 Å². The molecule has 0 aliphatic heterocycles. The van der Waals surface area contributed by atoms with Crippen LogP contribution in [-0.2, 0) is 12.0 Å². The van der Waals surface area contributed by atoms with E-state index in [9.17, 15) is 0 Å². The standard InChI is InChI=1S/C13H13BrClNS/c1-13(16,8-9-6-7-12(14)17-9)10-4-2-3-5-11(10)15/h2-7H,8,16H2,1H3. The van der Waals surface area contributed by atoms with Gasteiger partial charge in [-0.3, -0.25) is 0 Å². The summed E-state index contributed by atoms with van der Waals surface area (Å²) in [6.07, 6.45) is 0.785. The monoisotopic (exact) mass is 329 g/mol. The maximum Gasteiger partial charge on any atom is 0.0701 e. The van der Waals surface area contributed by atoms with Crippen LogP contribution in [0.4, 0.5) is 0 Å². The molecule has 0 aliphatic rings. The Labute approximate surface area is 119 Å². The average molecular weight is 331 g/mol. The van der Waals surface area contributed by atoms with Crippen molar-refractivity contribution in [3.63, 3.8) is 0 Å². The lowest BCUT2D eigenvalue weighted by atomic mass is 9.89. The van der Waals surface area contributed by atoms with Gasteiger partial charge in [0.25, 0.3) is 0 Å². The molecule has 1 heterocycles. The van der Waals surface area contributed by atoms with Crippen molar-refractivity contribution < 1.29 is 0 Å². The Kier molecular flexibility index (Phi) is 3.93. The van der Waals surface area contributed by atoms with E-state index in [-0.39, 0.29) is 0 Å². The SMILES string of the molecule is CC(N)(Cc1ccc(Br)s1)c1ccccc1Cl. The molecule has 4 heteroatoms. The van der Waals surface area contributed by atoms with Gasteiger partial charge in [-0.15, -0.1) is 11.3 Å². The van der Waals surface area contributed by atoms with E-state index in [4.69, 9.17) is 17.3 Å². The van der Waals surface area contributed by atoms with Gasteiger partial charge < -0.3 is 5.73 Å². The Bertz CT molecular complexity index is 522. The van der Waals surface area contributed by atoms with E-state index in [0.29, 0.717) is 0 Å². The van der Waals surface area contributed by atoms with Crippen molar-refractivity contribution in [3.05, 3.63) is 55.6 Å². The molecule has 0 saturated heterocycles. The third kappa shape index (κ3) is 3.10. The molecule has 0 spiro atoms. The quantitative estimate of drug-likeness (QED) is 0.876. The number of rotatable bonds is 3. The van der Waals surface area contributed by atoms with Crippen molar-refractivity contribution in [2.75, 3.05) is 0 Å². The van der Waals surface area contributed by atoms with Crippen LogP contribution >= 0.6 is 38.9 Å². The number of halogens is 2. The molecular weight excluding hydrogens is 318 g/mol. The molecule has 1 unspecified atom stereocenters. The van der Waals surface area contributed by atoms with Crippen LogP contribution < -0.4 is 5.73 Å². The minimum atomic E-state index is -0.442. The van der Waals surface area contributed by atoms with Crippen molar-refractivity contribution in [1.82, 2.24) is 0 Å². The van der Waals surface area contributed by atoms with Gasteiger partial charge in [-0.2, -0.15) is 0 Å². The second-order valence-electron chi connectivity index (χ2n) is 4.28. The smallest absolute Gasteiger partial charge is 0.0701 e. The van der Waals surface area contributed by atoms with Gasteiger partial charge in [-0.25, -0.2) is 0 Å². The fourth-order valence-electron chi connectivity index (χ4n) is 1.83. The van der Waals surface area contributed by atoms with Gasteiger partial charge in [-0.05, 0) is 46.6 Å². The molecule has 90 valence electrons. The number of hydrogen-bond donors (Lipinski definition) is 1. The first-order valence-corrected chi connectivity index (χ1v) is 7.26. The first-order chi connectivity index (χ1) is 7.99. The molecule has 1 atom stereocenters. The summed E-state index contributed by atoms with van der Waals surface area (Å²) in [6.45, 7) is 2.02. The molecule has 1 aromatic carbocycles. The molecule has 0 fully saturated rings. The van der Waals surface area contributed by atoms with Crippen LogP contribution in [0.2, 0.25) is 5.02 Å². The topological polar surface area (TPSA) is 26.0 Å². The van der Waals surface area contributed by atoms with Gasteiger partial charge in [0, 0.05) is 21.9 Å². The highest BCUT2D eigenvalue weighted by Gasteiger charge is 2.24. The maximum atomic E-state index is 6.39. The summed E-state index contributed by atoms with van der Waals surface area (Å²) in [5, 5.41) is 0.730. The molecule has 2 N–H and O–H groups in total. The summed E-state index contributed by atoms with van der Waals surface area (Å²) < 4.78 is 1.13. The zero-order valence-electron chi connectivity index (χ0n) is 9.41. The van der Waals surface area contributed by atoms with E-state index >= 15 is 0 Å². The van der Waals surface area contributed by atoms with Gasteiger partial charge in [0.05, 0.1) is 3.79 Å². The van der Waals surface area contributed by atoms with Crippen LogP contribution in [0.1, 0.15) is 17.4 Å². The van der Waals surface area contributed by atoms with E-state index in [0.717, 1.165) is 20.8 Å². The number of hydrogen-bond acceptors (Lipinski definition) is 2. The Morgan fingerprint density at radius 2 is 2.00 bits per heavy atom. The lowest BCUT2D eigenvalue weighted by Crippen LogP contribution is -2.35. The first kappa shape index (κ1) is 13.1. The van der Waals surface area contributed by atoms with Gasteiger partial charge in [0.2, 0.25) is 0 Å². The number of nitrogens with two attached hydrogens (primary N) is 1. The van der Waals surface area contributed by atoms with Crippen molar-refractivity contribution >= 4 is 38.9 Å². The minimum Gasteiger partial charge on any atom is -0.321 e. The largest absolute Gasteiger partial charge is 0.321 e. The minimum absolute atomic E-state index is 0.442.